The van der Waals surface area contributed by atoms with Crippen molar-refractivity contribution in [1.82, 2.24) is 10.2 Å². The Balaban J connectivity index is 1.84. The van der Waals surface area contributed by atoms with Crippen LogP contribution in [0.4, 0.5) is 0 Å². The quantitative estimate of drug-likeness (QED) is 0.852. The smallest absolute Gasteiger partial charge is 0.241 e. The Bertz CT molecular complexity index is 430. The number of carbonyl (C=O) groups is 1. The number of hydrogen-bond donors (Lipinski definition) is 2. The van der Waals surface area contributed by atoms with E-state index in [4.69, 9.17) is 5.73 Å². The number of likely N-dealkylation sites (tertiary alicyclic amines) is 1. The average Bonchev–Trinajstić information content (AvgIpc) is 2.82. The van der Waals surface area contributed by atoms with E-state index in [1.54, 1.807) is 0 Å². The third-order valence-corrected chi connectivity index (χ3v) is 3.77. The van der Waals surface area contributed by atoms with Gasteiger partial charge in [0.25, 0.3) is 0 Å². The minimum atomic E-state index is -0.570. The topological polar surface area (TPSA) is 58.4 Å². The summed E-state index contributed by atoms with van der Waals surface area (Å²) in [6, 6.07) is 7.23. The maximum Gasteiger partial charge on any atom is 0.241 e. The highest BCUT2D eigenvalue weighted by Crippen LogP contribution is 2.14. The first-order valence-corrected chi connectivity index (χ1v) is 6.84. The Kier molecular flexibility index (Phi) is 4.56. The number of amides is 1. The number of hydrogen-bond acceptors (Lipinski definition) is 3. The molecule has 2 unspecified atom stereocenters. The van der Waals surface area contributed by atoms with Crippen LogP contribution < -0.4 is 11.1 Å². The zero-order valence-electron chi connectivity index (χ0n) is 11.7. The van der Waals surface area contributed by atoms with Crippen LogP contribution in [-0.4, -0.2) is 37.5 Å². The first kappa shape index (κ1) is 14.0. The fourth-order valence-electron chi connectivity index (χ4n) is 2.47. The zero-order chi connectivity index (χ0) is 13.8. The van der Waals surface area contributed by atoms with Crippen LogP contribution in [0.15, 0.2) is 24.3 Å². The number of benzene rings is 1. The third kappa shape index (κ3) is 3.78. The maximum absolute atomic E-state index is 12.0. The van der Waals surface area contributed by atoms with E-state index in [-0.39, 0.29) is 5.91 Å². The molecule has 1 fully saturated rings. The largest absolute Gasteiger partial charge is 0.354 e. The molecule has 1 aromatic carbocycles. The predicted molar refractivity (Wildman–Crippen MR) is 76.7 cm³/mol. The SMILES string of the molecule is Cc1ccc(C(N)C(=O)NCC2CCN(C)C2)cc1. The van der Waals surface area contributed by atoms with Gasteiger partial charge >= 0.3 is 0 Å². The van der Waals surface area contributed by atoms with Crippen LogP contribution in [0.3, 0.4) is 0 Å². The molecular formula is C15H23N3O. The lowest BCUT2D eigenvalue weighted by Crippen LogP contribution is -2.37. The molecule has 0 bridgehead atoms. The molecule has 1 aliphatic heterocycles. The Morgan fingerprint density at radius 3 is 2.74 bits per heavy atom. The number of nitrogens with zero attached hydrogens (tertiary/aromatic N) is 1. The third-order valence-electron chi connectivity index (χ3n) is 3.77. The van der Waals surface area contributed by atoms with E-state index in [2.05, 4.69) is 17.3 Å². The van der Waals surface area contributed by atoms with Gasteiger partial charge in [-0.2, -0.15) is 0 Å². The van der Waals surface area contributed by atoms with Crippen LogP contribution >= 0.6 is 0 Å². The summed E-state index contributed by atoms with van der Waals surface area (Å²) < 4.78 is 0. The van der Waals surface area contributed by atoms with Crippen molar-refractivity contribution in [3.63, 3.8) is 0 Å². The molecule has 0 radical (unpaired) electrons. The summed E-state index contributed by atoms with van der Waals surface area (Å²) in [5.74, 6) is 0.470. The van der Waals surface area contributed by atoms with Crippen molar-refractivity contribution in [2.75, 3.05) is 26.7 Å². The Morgan fingerprint density at radius 1 is 1.47 bits per heavy atom. The van der Waals surface area contributed by atoms with Gasteiger partial charge in [0.15, 0.2) is 0 Å². The van der Waals surface area contributed by atoms with E-state index in [0.717, 1.165) is 31.6 Å². The summed E-state index contributed by atoms with van der Waals surface area (Å²) in [6.07, 6.45) is 1.15. The molecule has 1 aromatic rings. The van der Waals surface area contributed by atoms with Crippen LogP contribution in [0.1, 0.15) is 23.6 Å². The summed E-state index contributed by atoms with van der Waals surface area (Å²) in [5, 5.41) is 2.97. The second kappa shape index (κ2) is 6.17. The van der Waals surface area contributed by atoms with Crippen LogP contribution in [0.25, 0.3) is 0 Å². The van der Waals surface area contributed by atoms with Gasteiger partial charge in [0.2, 0.25) is 5.91 Å². The standard InChI is InChI=1S/C15H23N3O/c1-11-3-5-13(6-4-11)14(16)15(19)17-9-12-7-8-18(2)10-12/h3-6,12,14H,7-10,16H2,1-2H3,(H,17,19). The van der Waals surface area contributed by atoms with Crippen molar-refractivity contribution >= 4 is 5.91 Å². The van der Waals surface area contributed by atoms with Gasteiger partial charge in [0.05, 0.1) is 0 Å². The average molecular weight is 261 g/mol. The van der Waals surface area contributed by atoms with Gasteiger partial charge < -0.3 is 16.0 Å². The van der Waals surface area contributed by atoms with Crippen molar-refractivity contribution in [3.05, 3.63) is 35.4 Å². The van der Waals surface area contributed by atoms with Crippen molar-refractivity contribution < 1.29 is 4.79 Å². The van der Waals surface area contributed by atoms with Crippen molar-refractivity contribution in [3.8, 4) is 0 Å². The summed E-state index contributed by atoms with van der Waals surface area (Å²) in [5.41, 5.74) is 8.02. The van der Waals surface area contributed by atoms with Crippen molar-refractivity contribution in [2.45, 2.75) is 19.4 Å². The molecule has 2 atom stereocenters. The summed E-state index contributed by atoms with van der Waals surface area (Å²) in [7, 11) is 2.11. The molecule has 4 heteroatoms. The number of nitrogens with two attached hydrogens (primary N) is 1. The zero-order valence-corrected chi connectivity index (χ0v) is 11.7. The molecule has 104 valence electrons. The van der Waals surface area contributed by atoms with E-state index in [0.29, 0.717) is 5.92 Å². The summed E-state index contributed by atoms with van der Waals surface area (Å²) >= 11 is 0. The monoisotopic (exact) mass is 261 g/mol. The van der Waals surface area contributed by atoms with E-state index in [9.17, 15) is 4.79 Å². The molecule has 0 aliphatic carbocycles. The molecule has 2 rings (SSSR count). The lowest BCUT2D eigenvalue weighted by Gasteiger charge is -2.15. The number of aryl methyl sites for hydroxylation is 1. The normalized spacial score (nSPS) is 21.3. The van der Waals surface area contributed by atoms with E-state index >= 15 is 0 Å². The molecule has 0 aromatic heterocycles. The number of rotatable bonds is 4. The van der Waals surface area contributed by atoms with Crippen molar-refractivity contribution in [2.24, 2.45) is 11.7 Å². The fraction of sp³-hybridized carbons (Fsp3) is 0.533. The molecule has 19 heavy (non-hydrogen) atoms. The van der Waals surface area contributed by atoms with Gasteiger partial charge in [-0.05, 0) is 38.4 Å². The lowest BCUT2D eigenvalue weighted by molar-refractivity contribution is -0.122. The Morgan fingerprint density at radius 2 is 2.16 bits per heavy atom. The number of carbonyl (C=O) groups excluding carboxylic acids is 1. The maximum atomic E-state index is 12.0. The van der Waals surface area contributed by atoms with Gasteiger partial charge in [0, 0.05) is 13.1 Å². The Hall–Kier alpha value is -1.39. The molecule has 1 saturated heterocycles. The summed E-state index contributed by atoms with van der Waals surface area (Å²) in [4.78, 5) is 14.3. The van der Waals surface area contributed by atoms with E-state index in [1.165, 1.54) is 5.56 Å². The summed E-state index contributed by atoms with van der Waals surface area (Å²) in [6.45, 7) is 4.92. The minimum Gasteiger partial charge on any atom is -0.354 e. The molecule has 1 aliphatic rings. The van der Waals surface area contributed by atoms with Gasteiger partial charge in [-0.25, -0.2) is 0 Å². The van der Waals surface area contributed by atoms with Crippen molar-refractivity contribution in [1.29, 1.82) is 0 Å². The molecule has 3 N–H and O–H groups in total. The van der Waals surface area contributed by atoms with E-state index < -0.39 is 6.04 Å². The van der Waals surface area contributed by atoms with Gasteiger partial charge in [-0.15, -0.1) is 0 Å². The van der Waals surface area contributed by atoms with Gasteiger partial charge in [-0.1, -0.05) is 29.8 Å². The minimum absolute atomic E-state index is 0.0848. The van der Waals surface area contributed by atoms with Crippen LogP contribution in [0, 0.1) is 12.8 Å². The highest BCUT2D eigenvalue weighted by atomic mass is 16.2. The molecule has 0 saturated carbocycles. The Labute approximate surface area is 115 Å². The first-order chi connectivity index (χ1) is 9.06. The highest BCUT2D eigenvalue weighted by molar-refractivity contribution is 5.82. The number of nitrogens with one attached hydrogen (secondary N) is 1. The highest BCUT2D eigenvalue weighted by Gasteiger charge is 2.21. The fourth-order valence-corrected chi connectivity index (χ4v) is 2.47. The van der Waals surface area contributed by atoms with Crippen LogP contribution in [-0.2, 0) is 4.79 Å². The second-order valence-corrected chi connectivity index (χ2v) is 5.55. The van der Waals surface area contributed by atoms with Gasteiger partial charge in [-0.3, -0.25) is 4.79 Å². The molecular weight excluding hydrogens is 238 g/mol. The van der Waals surface area contributed by atoms with Gasteiger partial charge in [0.1, 0.15) is 6.04 Å². The second-order valence-electron chi connectivity index (χ2n) is 5.55. The molecule has 1 amide bonds. The first-order valence-electron chi connectivity index (χ1n) is 6.84. The van der Waals surface area contributed by atoms with E-state index in [1.807, 2.05) is 31.2 Å². The lowest BCUT2D eigenvalue weighted by atomic mass is 10.0. The molecule has 4 nitrogen and oxygen atoms in total. The van der Waals surface area contributed by atoms with Crippen LogP contribution in [0.2, 0.25) is 0 Å². The predicted octanol–water partition coefficient (Wildman–Crippen LogP) is 1.06. The van der Waals surface area contributed by atoms with Crippen LogP contribution in [0.5, 0.6) is 0 Å². The molecule has 0 spiro atoms. The molecule has 1 heterocycles.